The Kier molecular flexibility index (Phi) is 14.6. The number of aliphatic hydroxyl groups excluding tert-OH is 1. The normalized spacial score (nSPS) is 31.8. The summed E-state index contributed by atoms with van der Waals surface area (Å²) in [6.07, 6.45) is 16.1. The first-order valence-electron chi connectivity index (χ1n) is 27.4. The third-order valence-electron chi connectivity index (χ3n) is 17.9. The maximum Gasteiger partial charge on any atom is 0.302 e. The lowest BCUT2D eigenvalue weighted by molar-refractivity contribution is -0.141. The van der Waals surface area contributed by atoms with Crippen LogP contribution in [0.2, 0.25) is 0 Å². The van der Waals surface area contributed by atoms with Crippen molar-refractivity contribution in [3.63, 3.8) is 0 Å². The summed E-state index contributed by atoms with van der Waals surface area (Å²) in [6, 6.07) is 8.07. The molecule has 12 atom stereocenters. The number of ether oxygens (including phenoxy) is 5. The van der Waals surface area contributed by atoms with Crippen molar-refractivity contribution in [3.8, 4) is 63.6 Å². The van der Waals surface area contributed by atoms with Crippen LogP contribution in [0.3, 0.4) is 0 Å². The third kappa shape index (κ3) is 9.56. The van der Waals surface area contributed by atoms with Crippen LogP contribution in [0.25, 0.3) is 17.2 Å². The highest BCUT2D eigenvalue weighted by atomic mass is 33.1. The van der Waals surface area contributed by atoms with Gasteiger partial charge in [-0.2, -0.15) is 0 Å². The summed E-state index contributed by atoms with van der Waals surface area (Å²) < 4.78 is 33.2. The summed E-state index contributed by atoms with van der Waals surface area (Å²) in [5.74, 6) is 17.1. The molecule has 3 aromatic rings. The van der Waals surface area contributed by atoms with Gasteiger partial charge in [0.25, 0.3) is 0 Å². The summed E-state index contributed by atoms with van der Waals surface area (Å²) >= 11 is 0. The number of fused-ring (bicyclic) bond motifs is 10. The van der Waals surface area contributed by atoms with Gasteiger partial charge >= 0.3 is 5.97 Å². The van der Waals surface area contributed by atoms with Gasteiger partial charge in [0.05, 0.1) is 37.5 Å². The zero-order chi connectivity index (χ0) is 52.2. The topological polar surface area (TPSA) is 186 Å². The van der Waals surface area contributed by atoms with Crippen LogP contribution in [0.5, 0.6) is 28.7 Å². The number of hydrogen-bond donors (Lipinski definition) is 7. The van der Waals surface area contributed by atoms with Gasteiger partial charge in [0.2, 0.25) is 0 Å². The number of carbonyl (C=O) groups is 1. The highest BCUT2D eigenvalue weighted by molar-refractivity contribution is 8.76. The van der Waals surface area contributed by atoms with Crippen molar-refractivity contribution < 1.29 is 43.8 Å². The van der Waals surface area contributed by atoms with E-state index in [9.17, 15) is 20.1 Å². The lowest BCUT2D eigenvalue weighted by atomic mass is 9.65. The van der Waals surface area contributed by atoms with Gasteiger partial charge in [-0.25, -0.2) is 0 Å². The van der Waals surface area contributed by atoms with Crippen LogP contribution in [-0.2, 0) is 32.6 Å². The van der Waals surface area contributed by atoms with Gasteiger partial charge in [0, 0.05) is 108 Å². The van der Waals surface area contributed by atoms with Gasteiger partial charge in [0.15, 0.2) is 11.5 Å². The van der Waals surface area contributed by atoms with Crippen LogP contribution in [0, 0.1) is 47.4 Å². The lowest BCUT2D eigenvalue weighted by Gasteiger charge is -2.39. The highest BCUT2D eigenvalue weighted by Gasteiger charge is 2.52. The van der Waals surface area contributed by atoms with E-state index < -0.39 is 35.5 Å². The second-order valence-electron chi connectivity index (χ2n) is 22.7. The van der Waals surface area contributed by atoms with E-state index in [-0.39, 0.29) is 61.2 Å². The molecule has 400 valence electrons. The summed E-state index contributed by atoms with van der Waals surface area (Å²) in [4.78, 5) is 13.1. The molecule has 6 bridgehead atoms. The SMILES string of the molecule is COCC1CC#CC2C#CC3=C(C=CC(N)N3)CC3CCC4(Cc5cc(O)cc(OC)c5-c5ccc6c(c54)OC(c4c5c(c(O)c(c42)CNCC1CO)OC1CSSCC2CCCC(C2)NC1C=C5)C6COC(C)=O)C3. The molecule has 6 heterocycles. The molecule has 12 unspecified atom stereocenters. The fourth-order valence-electron chi connectivity index (χ4n) is 14.3. The number of hydrogen-bond acceptors (Lipinski definition) is 15. The molecule has 2 saturated carbocycles. The lowest BCUT2D eigenvalue weighted by Crippen LogP contribution is -2.49. The zero-order valence-electron chi connectivity index (χ0n) is 43.7. The van der Waals surface area contributed by atoms with E-state index in [4.69, 9.17) is 29.4 Å². The van der Waals surface area contributed by atoms with E-state index >= 15 is 0 Å². The number of aromatic hydroxyl groups is 2. The number of carbonyl (C=O) groups excluding carboxylic acids is 1. The smallest absolute Gasteiger partial charge is 0.302 e. The average Bonchev–Trinajstić information content (AvgIpc) is 4.09. The van der Waals surface area contributed by atoms with E-state index in [1.165, 1.54) is 19.8 Å². The molecule has 3 aliphatic carbocycles. The van der Waals surface area contributed by atoms with E-state index in [0.717, 1.165) is 94.7 Å². The summed E-state index contributed by atoms with van der Waals surface area (Å²) in [7, 11) is 7.07. The quantitative estimate of drug-likeness (QED) is 0.0709. The molecule has 3 aromatic carbocycles. The maximum atomic E-state index is 13.3. The second-order valence-corrected chi connectivity index (χ2v) is 25.2. The van der Waals surface area contributed by atoms with Crippen molar-refractivity contribution in [1.29, 1.82) is 0 Å². The first kappa shape index (κ1) is 51.5. The summed E-state index contributed by atoms with van der Waals surface area (Å²) in [6.45, 7) is 2.43. The molecule has 13 nitrogen and oxygen atoms in total. The Hall–Kier alpha value is -5.23. The van der Waals surface area contributed by atoms with Crippen LogP contribution in [0.4, 0.5) is 0 Å². The number of rotatable bonds is 6. The molecule has 3 fully saturated rings. The third-order valence-corrected chi connectivity index (χ3v) is 20.4. The van der Waals surface area contributed by atoms with Crippen LogP contribution in [0.1, 0.15) is 122 Å². The molecule has 12 rings (SSSR count). The minimum Gasteiger partial charge on any atom is -0.508 e. The predicted molar refractivity (Wildman–Crippen MR) is 297 cm³/mol. The van der Waals surface area contributed by atoms with E-state index in [2.05, 4.69) is 70.0 Å². The van der Waals surface area contributed by atoms with Gasteiger partial charge < -0.3 is 60.7 Å². The van der Waals surface area contributed by atoms with Gasteiger partial charge in [-0.1, -0.05) is 70.2 Å². The molecule has 0 amide bonds. The monoisotopic (exact) mass is 1070 g/mol. The molecule has 76 heavy (non-hydrogen) atoms. The van der Waals surface area contributed by atoms with Crippen molar-refractivity contribution in [2.45, 2.75) is 125 Å². The van der Waals surface area contributed by atoms with Crippen LogP contribution < -0.4 is 35.9 Å². The first-order valence-corrected chi connectivity index (χ1v) is 29.9. The Bertz CT molecular complexity index is 3030. The zero-order valence-corrected chi connectivity index (χ0v) is 45.3. The van der Waals surface area contributed by atoms with Gasteiger partial charge in [-0.05, 0) is 109 Å². The molecule has 15 heteroatoms. The number of nitrogens with two attached hydrogens (primary N) is 1. The fourth-order valence-corrected chi connectivity index (χ4v) is 17.0. The first-order chi connectivity index (χ1) is 37.0. The Morgan fingerprint density at radius 2 is 1.87 bits per heavy atom. The molecule has 9 aliphatic rings. The number of nitrogens with one attached hydrogen (secondary N) is 3. The molecular formula is C61H70N4O9S2. The van der Waals surface area contributed by atoms with Gasteiger partial charge in [0.1, 0.15) is 42.0 Å². The molecule has 0 aromatic heterocycles. The number of esters is 1. The molecular weight excluding hydrogens is 997 g/mol. The number of phenols is 2. The standard InChI is InChI=1S/C61H70N4O9S2/c1-33(67)72-30-47-43-12-13-44-53-39(22-42(68)23-50(53)71-3)25-61-19-18-34(24-61)20-37-11-17-52(62)65-48(37)15-10-36-7-5-8-38(29-70-2)40(28-66)26-63-27-46-54(36)55(58(47)74-59(43)56(44)61)45-14-16-49-51(73-60(45)57(46)69)32-76-75-31-35-6-4-9-41(21-35)64-49/h11-14,16-17,22-23,34-36,38,40-41,47,49,51-52,58,63-66,68-69H,4,6,8-9,18-21,24-32,62H2,1-3H3. The summed E-state index contributed by atoms with van der Waals surface area (Å²) in [5, 5.41) is 46.5. The Balaban J connectivity index is 1.15. The number of allylic oxidation sites excluding steroid dienone is 3. The average molecular weight is 1070 g/mol. The predicted octanol–water partition coefficient (Wildman–Crippen LogP) is 8.39. The largest absolute Gasteiger partial charge is 0.508 e. The fraction of sp³-hybridized carbons (Fsp3) is 0.525. The number of aliphatic hydroxyl groups is 1. The van der Waals surface area contributed by atoms with Crippen molar-refractivity contribution >= 4 is 33.6 Å². The minimum atomic E-state index is -0.788. The maximum absolute atomic E-state index is 13.3. The van der Waals surface area contributed by atoms with E-state index in [1.54, 1.807) is 20.3 Å². The van der Waals surface area contributed by atoms with Crippen molar-refractivity contribution in [1.82, 2.24) is 16.0 Å². The molecule has 8 N–H and O–H groups in total. The van der Waals surface area contributed by atoms with Crippen molar-refractivity contribution in [3.05, 3.63) is 92.7 Å². The number of dihydropyridines is 1. The van der Waals surface area contributed by atoms with E-state index in [0.29, 0.717) is 71.9 Å². The van der Waals surface area contributed by atoms with Gasteiger partial charge in [-0.3, -0.25) is 4.79 Å². The molecule has 1 saturated heterocycles. The van der Waals surface area contributed by atoms with Crippen LogP contribution in [0.15, 0.2) is 53.8 Å². The minimum absolute atomic E-state index is 0.00655. The van der Waals surface area contributed by atoms with Crippen LogP contribution >= 0.6 is 21.6 Å². The van der Waals surface area contributed by atoms with E-state index in [1.807, 2.05) is 33.7 Å². The molecule has 1 spiro atoms. The van der Waals surface area contributed by atoms with Gasteiger partial charge in [-0.15, -0.1) is 5.92 Å². The number of phenolic OH excluding ortho intramolecular Hbond substituents is 2. The molecule has 0 radical (unpaired) electrons. The van der Waals surface area contributed by atoms with Crippen molar-refractivity contribution in [2.75, 3.05) is 52.1 Å². The second kappa shape index (κ2) is 21.5. The Morgan fingerprint density at radius 1 is 0.987 bits per heavy atom. The Morgan fingerprint density at radius 3 is 2.71 bits per heavy atom. The molecule has 6 aliphatic heterocycles. The highest BCUT2D eigenvalue weighted by Crippen LogP contribution is 2.64. The van der Waals surface area contributed by atoms with Crippen molar-refractivity contribution in [2.24, 2.45) is 29.4 Å². The number of methoxy groups -OCH3 is 2. The summed E-state index contributed by atoms with van der Waals surface area (Å²) in [5.41, 5.74) is 15.8. The Labute approximate surface area is 454 Å². The van der Waals surface area contributed by atoms with Crippen LogP contribution in [-0.4, -0.2) is 97.7 Å². The number of benzene rings is 3.